The molecule has 0 aliphatic rings. The second-order valence-corrected chi connectivity index (χ2v) is 7.39. The van der Waals surface area contributed by atoms with E-state index in [-0.39, 0.29) is 11.8 Å². The standard InChI is InChI=1S/C14H18N2O2S2/c1-11(7-12-5-6-19-9-12)16-20(17,18)10-13-3-2-4-14(15)8-13/h2-6,8-9,11,16H,7,10,15H2,1H3. The molecule has 108 valence electrons. The first kappa shape index (κ1) is 15.0. The van der Waals surface area contributed by atoms with Gasteiger partial charge in [-0.25, -0.2) is 13.1 Å². The lowest BCUT2D eigenvalue weighted by molar-refractivity contribution is 0.559. The summed E-state index contributed by atoms with van der Waals surface area (Å²) in [4.78, 5) is 0. The summed E-state index contributed by atoms with van der Waals surface area (Å²) in [6.07, 6.45) is 0.694. The number of rotatable bonds is 6. The lowest BCUT2D eigenvalue weighted by atomic mass is 10.1. The van der Waals surface area contributed by atoms with Crippen molar-refractivity contribution in [1.29, 1.82) is 0 Å². The second-order valence-electron chi connectivity index (χ2n) is 4.86. The molecule has 6 heteroatoms. The number of hydrogen-bond donors (Lipinski definition) is 2. The number of nitrogens with two attached hydrogens (primary N) is 1. The third-order valence-corrected chi connectivity index (χ3v) is 5.02. The minimum Gasteiger partial charge on any atom is -0.399 e. The first-order chi connectivity index (χ1) is 9.44. The summed E-state index contributed by atoms with van der Waals surface area (Å²) in [5.41, 5.74) is 8.07. The molecule has 3 N–H and O–H groups in total. The van der Waals surface area contributed by atoms with Gasteiger partial charge in [-0.15, -0.1) is 0 Å². The molecule has 0 saturated heterocycles. The summed E-state index contributed by atoms with van der Waals surface area (Å²) < 4.78 is 26.9. The molecule has 20 heavy (non-hydrogen) atoms. The Balaban J connectivity index is 1.96. The van der Waals surface area contributed by atoms with Gasteiger partial charge in [0.15, 0.2) is 0 Å². The Morgan fingerprint density at radius 2 is 2.10 bits per heavy atom. The lowest BCUT2D eigenvalue weighted by Crippen LogP contribution is -2.34. The van der Waals surface area contributed by atoms with Gasteiger partial charge in [0.2, 0.25) is 10.0 Å². The summed E-state index contributed by atoms with van der Waals surface area (Å²) in [5, 5.41) is 4.02. The number of hydrogen-bond acceptors (Lipinski definition) is 4. The van der Waals surface area contributed by atoms with Crippen molar-refractivity contribution in [3.63, 3.8) is 0 Å². The van der Waals surface area contributed by atoms with Gasteiger partial charge in [-0.2, -0.15) is 11.3 Å². The van der Waals surface area contributed by atoms with Crippen LogP contribution in [0.5, 0.6) is 0 Å². The van der Waals surface area contributed by atoms with Gasteiger partial charge in [-0.1, -0.05) is 12.1 Å². The van der Waals surface area contributed by atoms with Crippen LogP contribution in [-0.4, -0.2) is 14.5 Å². The zero-order valence-electron chi connectivity index (χ0n) is 11.2. The van der Waals surface area contributed by atoms with Crippen LogP contribution in [-0.2, 0) is 22.2 Å². The zero-order valence-corrected chi connectivity index (χ0v) is 12.9. The van der Waals surface area contributed by atoms with Gasteiger partial charge in [-0.3, -0.25) is 0 Å². The highest BCUT2D eigenvalue weighted by molar-refractivity contribution is 7.88. The van der Waals surface area contributed by atoms with E-state index >= 15 is 0 Å². The molecule has 4 nitrogen and oxygen atoms in total. The number of anilines is 1. The number of nitrogen functional groups attached to an aromatic ring is 1. The number of nitrogens with one attached hydrogen (secondary N) is 1. The van der Waals surface area contributed by atoms with E-state index in [2.05, 4.69) is 4.72 Å². The Hall–Kier alpha value is -1.37. The number of benzene rings is 1. The van der Waals surface area contributed by atoms with Gasteiger partial charge >= 0.3 is 0 Å². The minimum atomic E-state index is -3.36. The molecule has 0 spiro atoms. The Kier molecular flexibility index (Phi) is 4.80. The van der Waals surface area contributed by atoms with Gasteiger partial charge in [0.25, 0.3) is 0 Å². The fraction of sp³-hybridized carbons (Fsp3) is 0.286. The normalized spacial score (nSPS) is 13.2. The first-order valence-electron chi connectivity index (χ1n) is 6.30. The van der Waals surface area contributed by atoms with Crippen molar-refractivity contribution in [2.75, 3.05) is 5.73 Å². The molecule has 2 rings (SSSR count). The molecule has 0 saturated carbocycles. The summed E-state index contributed by atoms with van der Waals surface area (Å²) in [6.45, 7) is 1.87. The Morgan fingerprint density at radius 1 is 1.30 bits per heavy atom. The second kappa shape index (κ2) is 6.39. The summed E-state index contributed by atoms with van der Waals surface area (Å²) in [6, 6.07) is 8.82. The molecule has 1 heterocycles. The molecule has 1 atom stereocenters. The van der Waals surface area contributed by atoms with Crippen molar-refractivity contribution in [2.24, 2.45) is 0 Å². The largest absolute Gasteiger partial charge is 0.399 e. The molecule has 2 aromatic rings. The molecular weight excluding hydrogens is 292 g/mol. The number of thiophene rings is 1. The van der Waals surface area contributed by atoms with Crippen molar-refractivity contribution in [3.05, 3.63) is 52.2 Å². The highest BCUT2D eigenvalue weighted by atomic mass is 32.2. The molecule has 0 amide bonds. The van der Waals surface area contributed by atoms with E-state index in [0.29, 0.717) is 17.7 Å². The van der Waals surface area contributed by atoms with Gasteiger partial charge in [0.05, 0.1) is 5.75 Å². The maximum absolute atomic E-state index is 12.1. The van der Waals surface area contributed by atoms with Crippen LogP contribution >= 0.6 is 11.3 Å². The van der Waals surface area contributed by atoms with E-state index in [9.17, 15) is 8.42 Å². The molecule has 1 unspecified atom stereocenters. The van der Waals surface area contributed by atoms with Crippen molar-refractivity contribution >= 4 is 27.0 Å². The smallest absolute Gasteiger partial charge is 0.216 e. The van der Waals surface area contributed by atoms with Crippen LogP contribution in [0, 0.1) is 0 Å². The van der Waals surface area contributed by atoms with E-state index in [1.807, 2.05) is 23.8 Å². The van der Waals surface area contributed by atoms with Gasteiger partial charge < -0.3 is 5.73 Å². The van der Waals surface area contributed by atoms with Gasteiger partial charge in [0.1, 0.15) is 0 Å². The highest BCUT2D eigenvalue weighted by Crippen LogP contribution is 2.12. The summed E-state index contributed by atoms with van der Waals surface area (Å²) in [7, 11) is -3.36. The van der Waals surface area contributed by atoms with E-state index < -0.39 is 10.0 Å². The summed E-state index contributed by atoms with van der Waals surface area (Å²) >= 11 is 1.61. The molecular formula is C14H18N2O2S2. The molecule has 0 radical (unpaired) electrons. The molecule has 0 aliphatic heterocycles. The minimum absolute atomic E-state index is 0.0496. The van der Waals surface area contributed by atoms with Crippen LogP contribution in [0.25, 0.3) is 0 Å². The predicted octanol–water partition coefficient (Wildman–Crippen LogP) is 2.38. The Bertz CT molecular complexity index is 652. The van der Waals surface area contributed by atoms with Crippen LogP contribution in [0.15, 0.2) is 41.1 Å². The van der Waals surface area contributed by atoms with Crippen LogP contribution in [0.4, 0.5) is 5.69 Å². The monoisotopic (exact) mass is 310 g/mol. The molecule has 1 aromatic carbocycles. The van der Waals surface area contributed by atoms with Gasteiger partial charge in [-0.05, 0) is 53.4 Å². The van der Waals surface area contributed by atoms with Crippen molar-refractivity contribution < 1.29 is 8.42 Å². The van der Waals surface area contributed by atoms with Gasteiger partial charge in [0, 0.05) is 11.7 Å². The van der Waals surface area contributed by atoms with Crippen LogP contribution < -0.4 is 10.5 Å². The van der Waals surface area contributed by atoms with E-state index in [0.717, 1.165) is 5.56 Å². The maximum Gasteiger partial charge on any atom is 0.216 e. The average molecular weight is 310 g/mol. The third-order valence-electron chi connectivity index (χ3n) is 2.81. The molecule has 0 aliphatic carbocycles. The first-order valence-corrected chi connectivity index (χ1v) is 8.89. The van der Waals surface area contributed by atoms with Crippen LogP contribution in [0.1, 0.15) is 18.1 Å². The lowest BCUT2D eigenvalue weighted by Gasteiger charge is -2.13. The zero-order chi connectivity index (χ0) is 14.6. The van der Waals surface area contributed by atoms with E-state index in [1.165, 1.54) is 0 Å². The van der Waals surface area contributed by atoms with Crippen LogP contribution in [0.3, 0.4) is 0 Å². The van der Waals surface area contributed by atoms with E-state index in [1.54, 1.807) is 35.6 Å². The molecule has 1 aromatic heterocycles. The quantitative estimate of drug-likeness (QED) is 0.805. The fourth-order valence-corrected chi connectivity index (χ4v) is 4.13. The Labute approximate surface area is 123 Å². The predicted molar refractivity (Wildman–Crippen MR) is 84.1 cm³/mol. The third kappa shape index (κ3) is 4.63. The van der Waals surface area contributed by atoms with Crippen molar-refractivity contribution in [1.82, 2.24) is 4.72 Å². The topological polar surface area (TPSA) is 72.2 Å². The average Bonchev–Trinajstić information content (AvgIpc) is 2.79. The summed E-state index contributed by atoms with van der Waals surface area (Å²) in [5.74, 6) is -0.0496. The SMILES string of the molecule is CC(Cc1ccsc1)NS(=O)(=O)Cc1cccc(N)c1. The fourth-order valence-electron chi connectivity index (χ4n) is 2.05. The maximum atomic E-state index is 12.1. The molecule has 0 bridgehead atoms. The number of sulfonamides is 1. The van der Waals surface area contributed by atoms with Crippen LogP contribution in [0.2, 0.25) is 0 Å². The highest BCUT2D eigenvalue weighted by Gasteiger charge is 2.15. The van der Waals surface area contributed by atoms with Crippen molar-refractivity contribution in [2.45, 2.75) is 25.1 Å². The van der Waals surface area contributed by atoms with Crippen molar-refractivity contribution in [3.8, 4) is 0 Å². The molecule has 0 fully saturated rings. The van der Waals surface area contributed by atoms with E-state index in [4.69, 9.17) is 5.73 Å². The Morgan fingerprint density at radius 3 is 2.75 bits per heavy atom.